The molecule has 2 nitrogen and oxygen atoms in total. The molecule has 3 rings (SSSR count). The van der Waals surface area contributed by atoms with E-state index in [1.807, 2.05) is 11.3 Å². The lowest BCUT2D eigenvalue weighted by atomic mass is 10.1. The maximum atomic E-state index is 3.53. The van der Waals surface area contributed by atoms with Crippen LogP contribution in [0.1, 0.15) is 41.3 Å². The van der Waals surface area contributed by atoms with Gasteiger partial charge in [-0.2, -0.15) is 0 Å². The summed E-state index contributed by atoms with van der Waals surface area (Å²) in [6, 6.07) is 4.87. The lowest BCUT2D eigenvalue weighted by Gasteiger charge is -2.13. The zero-order chi connectivity index (χ0) is 13.2. The van der Waals surface area contributed by atoms with Crippen LogP contribution in [0.15, 0.2) is 28.3 Å². The van der Waals surface area contributed by atoms with Crippen LogP contribution in [0.25, 0.3) is 0 Å². The van der Waals surface area contributed by atoms with Gasteiger partial charge in [-0.1, -0.05) is 6.42 Å². The molecule has 1 unspecified atom stereocenters. The van der Waals surface area contributed by atoms with Crippen LogP contribution in [-0.4, -0.2) is 11.6 Å². The highest BCUT2D eigenvalue weighted by Gasteiger charge is 2.19. The Balaban J connectivity index is 1.84. The molecule has 2 aromatic rings. The molecule has 0 saturated heterocycles. The summed E-state index contributed by atoms with van der Waals surface area (Å²) in [5.74, 6) is 0. The van der Waals surface area contributed by atoms with Crippen LogP contribution >= 0.6 is 27.3 Å². The van der Waals surface area contributed by atoms with Crippen molar-refractivity contribution in [1.82, 2.24) is 9.88 Å². The predicted octanol–water partition coefficient (Wildman–Crippen LogP) is 4.35. The lowest BCUT2D eigenvalue weighted by molar-refractivity contribution is 0.531. The van der Waals surface area contributed by atoms with E-state index in [9.17, 15) is 0 Å². The fraction of sp³-hybridized carbons (Fsp3) is 0.467. The van der Waals surface area contributed by atoms with Gasteiger partial charge in [0, 0.05) is 23.3 Å². The minimum absolute atomic E-state index is 0.536. The van der Waals surface area contributed by atoms with Crippen molar-refractivity contribution >= 4 is 27.3 Å². The van der Waals surface area contributed by atoms with E-state index >= 15 is 0 Å². The molecule has 0 saturated carbocycles. The number of hydrogen-bond acceptors (Lipinski definition) is 2. The normalized spacial score (nSPS) is 19.2. The Morgan fingerprint density at radius 1 is 1.37 bits per heavy atom. The summed E-state index contributed by atoms with van der Waals surface area (Å²) in [5, 5.41) is 3.46. The monoisotopic (exact) mass is 338 g/mol. The van der Waals surface area contributed by atoms with Crippen LogP contribution in [0, 0.1) is 0 Å². The van der Waals surface area contributed by atoms with E-state index in [-0.39, 0.29) is 0 Å². The van der Waals surface area contributed by atoms with Gasteiger partial charge in [0.15, 0.2) is 0 Å². The maximum absolute atomic E-state index is 3.53. The lowest BCUT2D eigenvalue weighted by Crippen LogP contribution is -2.15. The first-order valence-electron chi connectivity index (χ1n) is 6.86. The molecule has 102 valence electrons. The van der Waals surface area contributed by atoms with Gasteiger partial charge in [0.2, 0.25) is 0 Å². The van der Waals surface area contributed by atoms with Crippen molar-refractivity contribution in [2.75, 3.05) is 7.05 Å². The van der Waals surface area contributed by atoms with E-state index in [0.717, 1.165) is 6.54 Å². The molecule has 1 aliphatic rings. The molecule has 4 heteroatoms. The van der Waals surface area contributed by atoms with E-state index in [2.05, 4.69) is 57.4 Å². The molecule has 0 radical (unpaired) electrons. The average molecular weight is 339 g/mol. The fourth-order valence-corrected chi connectivity index (χ4v) is 4.42. The summed E-state index contributed by atoms with van der Waals surface area (Å²) in [5.41, 5.74) is 3.04. The number of fused-ring (bicyclic) bond motifs is 1. The summed E-state index contributed by atoms with van der Waals surface area (Å²) < 4.78 is 3.56. The third-order valence-corrected chi connectivity index (χ3v) is 5.49. The maximum Gasteiger partial charge on any atom is 0.0702 e. The van der Waals surface area contributed by atoms with E-state index in [0.29, 0.717) is 6.04 Å². The summed E-state index contributed by atoms with van der Waals surface area (Å²) in [4.78, 5) is 1.40. The first kappa shape index (κ1) is 13.4. The zero-order valence-corrected chi connectivity index (χ0v) is 13.6. The Labute approximate surface area is 127 Å². The average Bonchev–Trinajstić information content (AvgIpc) is 2.92. The van der Waals surface area contributed by atoms with Crippen LogP contribution in [0.4, 0.5) is 0 Å². The van der Waals surface area contributed by atoms with E-state index in [1.165, 1.54) is 45.5 Å². The minimum atomic E-state index is 0.536. The first-order valence-corrected chi connectivity index (χ1v) is 8.47. The highest BCUT2D eigenvalue weighted by Crippen LogP contribution is 2.30. The second-order valence-corrected chi connectivity index (χ2v) is 7.75. The van der Waals surface area contributed by atoms with Gasteiger partial charge in [0.05, 0.1) is 10.3 Å². The number of rotatable bonds is 3. The molecule has 0 bridgehead atoms. The Bertz CT molecular complexity index is 558. The largest absolute Gasteiger partial charge is 0.348 e. The van der Waals surface area contributed by atoms with Crippen LogP contribution in [-0.2, 0) is 13.0 Å². The Morgan fingerprint density at radius 3 is 3.00 bits per heavy atom. The highest BCUT2D eigenvalue weighted by atomic mass is 79.9. The zero-order valence-electron chi connectivity index (χ0n) is 11.2. The van der Waals surface area contributed by atoms with Crippen molar-refractivity contribution in [3.05, 3.63) is 44.3 Å². The summed E-state index contributed by atoms with van der Waals surface area (Å²) in [6.45, 7) is 0.986. The topological polar surface area (TPSA) is 17.0 Å². The molecule has 2 heterocycles. The van der Waals surface area contributed by atoms with Crippen LogP contribution < -0.4 is 5.32 Å². The van der Waals surface area contributed by atoms with E-state index < -0.39 is 0 Å². The van der Waals surface area contributed by atoms with Crippen LogP contribution in [0.5, 0.6) is 0 Å². The predicted molar refractivity (Wildman–Crippen MR) is 84.9 cm³/mol. The van der Waals surface area contributed by atoms with Crippen molar-refractivity contribution in [3.63, 3.8) is 0 Å². The van der Waals surface area contributed by atoms with Gasteiger partial charge in [0.25, 0.3) is 0 Å². The van der Waals surface area contributed by atoms with Crippen molar-refractivity contribution in [1.29, 1.82) is 0 Å². The number of nitrogens with one attached hydrogen (secondary N) is 1. The van der Waals surface area contributed by atoms with Crippen molar-refractivity contribution in [2.45, 2.75) is 38.3 Å². The standard InChI is InChI=1S/C15H19BrN2S/c1-17-14-5-3-2-4-11-8-18(10-13(11)14)9-12-6-7-15(16)19-12/h6-8,10,14,17H,2-5,9H2,1H3. The number of hydrogen-bond donors (Lipinski definition) is 1. The molecule has 1 atom stereocenters. The number of aromatic nitrogens is 1. The third kappa shape index (κ3) is 2.96. The summed E-state index contributed by atoms with van der Waals surface area (Å²) >= 11 is 5.35. The summed E-state index contributed by atoms with van der Waals surface area (Å²) in [7, 11) is 2.08. The van der Waals surface area contributed by atoms with Gasteiger partial charge in [-0.25, -0.2) is 0 Å². The molecule has 0 spiro atoms. The number of thiophene rings is 1. The molecule has 0 aliphatic heterocycles. The second kappa shape index (κ2) is 5.81. The molecule has 1 aliphatic carbocycles. The number of aryl methyl sites for hydroxylation is 1. The van der Waals surface area contributed by atoms with Gasteiger partial charge < -0.3 is 9.88 Å². The van der Waals surface area contributed by atoms with E-state index in [1.54, 1.807) is 0 Å². The van der Waals surface area contributed by atoms with Crippen molar-refractivity contribution in [2.24, 2.45) is 0 Å². The van der Waals surface area contributed by atoms with Crippen molar-refractivity contribution < 1.29 is 0 Å². The van der Waals surface area contributed by atoms with Gasteiger partial charge in [-0.3, -0.25) is 0 Å². The molecule has 0 amide bonds. The van der Waals surface area contributed by atoms with Gasteiger partial charge >= 0.3 is 0 Å². The SMILES string of the molecule is CNC1CCCCc2cn(Cc3ccc(Br)s3)cc21. The molecular formula is C15H19BrN2S. The Morgan fingerprint density at radius 2 is 2.26 bits per heavy atom. The van der Waals surface area contributed by atoms with Gasteiger partial charge in [0.1, 0.15) is 0 Å². The Hall–Kier alpha value is -0.580. The van der Waals surface area contributed by atoms with Crippen LogP contribution in [0.2, 0.25) is 0 Å². The molecule has 0 fully saturated rings. The molecule has 19 heavy (non-hydrogen) atoms. The minimum Gasteiger partial charge on any atom is -0.348 e. The smallest absolute Gasteiger partial charge is 0.0702 e. The summed E-state index contributed by atoms with van der Waals surface area (Å²) in [6.07, 6.45) is 9.83. The fourth-order valence-electron chi connectivity index (χ4n) is 2.92. The third-order valence-electron chi connectivity index (χ3n) is 3.88. The van der Waals surface area contributed by atoms with E-state index in [4.69, 9.17) is 0 Å². The number of nitrogens with zero attached hydrogens (tertiary/aromatic N) is 1. The second-order valence-electron chi connectivity index (χ2n) is 5.20. The molecule has 2 aromatic heterocycles. The molecule has 1 N–H and O–H groups in total. The molecular weight excluding hydrogens is 320 g/mol. The van der Waals surface area contributed by atoms with Crippen molar-refractivity contribution in [3.8, 4) is 0 Å². The van der Waals surface area contributed by atoms with Crippen LogP contribution in [0.3, 0.4) is 0 Å². The highest BCUT2D eigenvalue weighted by molar-refractivity contribution is 9.11. The first-order chi connectivity index (χ1) is 9.26. The quantitative estimate of drug-likeness (QED) is 0.823. The van der Waals surface area contributed by atoms with Gasteiger partial charge in [-0.05, 0) is 65.5 Å². The number of halogens is 1. The van der Waals surface area contributed by atoms with Gasteiger partial charge in [-0.15, -0.1) is 11.3 Å². The molecule has 0 aromatic carbocycles. The Kier molecular flexibility index (Phi) is 4.10.